The van der Waals surface area contributed by atoms with Gasteiger partial charge in [-0.25, -0.2) is 0 Å². The van der Waals surface area contributed by atoms with E-state index in [-0.39, 0.29) is 35.2 Å². The van der Waals surface area contributed by atoms with Crippen LogP contribution in [0.2, 0.25) is 0 Å². The van der Waals surface area contributed by atoms with Crippen LogP contribution in [0.4, 0.5) is 5.69 Å². The van der Waals surface area contributed by atoms with E-state index < -0.39 is 5.78 Å². The number of carbonyl (C=O) groups excluding carboxylic acids is 2. The Morgan fingerprint density at radius 1 is 1.38 bits per heavy atom. The van der Waals surface area contributed by atoms with Gasteiger partial charge in [0, 0.05) is 12.1 Å². The van der Waals surface area contributed by atoms with Gasteiger partial charge in [0.05, 0.1) is 35.7 Å². The van der Waals surface area contributed by atoms with Crippen molar-refractivity contribution < 1.29 is 24.5 Å². The van der Waals surface area contributed by atoms with Crippen LogP contribution in [-0.4, -0.2) is 35.1 Å². The molecule has 0 aliphatic carbocycles. The number of nitrogens with zero attached hydrogens (tertiary/aromatic N) is 1. The summed E-state index contributed by atoms with van der Waals surface area (Å²) in [5.41, 5.74) is 0.336. The Kier molecular flexibility index (Phi) is 5.84. The second-order valence-corrected chi connectivity index (χ2v) is 5.98. The van der Waals surface area contributed by atoms with Crippen molar-refractivity contribution in [1.29, 1.82) is 0 Å². The van der Waals surface area contributed by atoms with Gasteiger partial charge in [0.25, 0.3) is 0 Å². The number of aliphatic hydroxyl groups excluding tert-OH is 1. The first kappa shape index (κ1) is 17.8. The molecule has 6 nitrogen and oxygen atoms in total. The molecule has 0 bridgehead atoms. The number of ether oxygens (including phenoxy) is 1. The fourth-order valence-corrected chi connectivity index (χ4v) is 2.78. The molecule has 1 aliphatic heterocycles. The molecule has 130 valence electrons. The van der Waals surface area contributed by atoms with E-state index in [1.165, 1.54) is 11.0 Å². The standard InChI is InChI=1S/C18H23NO5/c1-3-4-5-6-12(2)24-14-7-15-17(16(22)8-14)18(23)13(10-20)9-19(15)11-21/h7-8,10-12,20,22H,3-6,9H2,1-2H3. The first-order valence-corrected chi connectivity index (χ1v) is 8.15. The van der Waals surface area contributed by atoms with Crippen LogP contribution in [0.5, 0.6) is 11.5 Å². The summed E-state index contributed by atoms with van der Waals surface area (Å²) in [4.78, 5) is 24.8. The fraction of sp³-hybridized carbons (Fsp3) is 0.444. The van der Waals surface area contributed by atoms with E-state index in [9.17, 15) is 14.7 Å². The van der Waals surface area contributed by atoms with Gasteiger partial charge in [-0.3, -0.25) is 9.59 Å². The number of anilines is 1. The first-order valence-electron chi connectivity index (χ1n) is 8.15. The van der Waals surface area contributed by atoms with Crippen LogP contribution in [0.1, 0.15) is 49.9 Å². The Morgan fingerprint density at radius 2 is 2.12 bits per heavy atom. The minimum absolute atomic E-state index is 0.000337. The molecular weight excluding hydrogens is 310 g/mol. The van der Waals surface area contributed by atoms with Crippen LogP contribution in [0.15, 0.2) is 24.0 Å². The molecular formula is C18H23NO5. The van der Waals surface area contributed by atoms with Crippen molar-refractivity contribution in [1.82, 2.24) is 0 Å². The molecule has 1 unspecified atom stereocenters. The Balaban J connectivity index is 2.28. The number of phenols is 1. The highest BCUT2D eigenvalue weighted by Crippen LogP contribution is 2.38. The van der Waals surface area contributed by atoms with Crippen LogP contribution in [0.25, 0.3) is 0 Å². The predicted octanol–water partition coefficient (Wildman–Crippen LogP) is 3.34. The maximum absolute atomic E-state index is 12.3. The summed E-state index contributed by atoms with van der Waals surface area (Å²) in [5.74, 6) is -0.351. The third-order valence-electron chi connectivity index (χ3n) is 4.07. The van der Waals surface area contributed by atoms with Crippen molar-refractivity contribution in [3.63, 3.8) is 0 Å². The number of phenolic OH excluding ortho intramolecular Hbond substituents is 1. The predicted molar refractivity (Wildman–Crippen MR) is 90.8 cm³/mol. The van der Waals surface area contributed by atoms with E-state index in [1.54, 1.807) is 6.07 Å². The highest BCUT2D eigenvalue weighted by Gasteiger charge is 2.31. The minimum atomic E-state index is -0.495. The number of carbonyl (C=O) groups is 2. The van der Waals surface area contributed by atoms with Gasteiger partial charge >= 0.3 is 0 Å². The lowest BCUT2D eigenvalue weighted by atomic mass is 9.96. The molecule has 0 radical (unpaired) electrons. The number of hydrogen-bond donors (Lipinski definition) is 2. The zero-order valence-corrected chi connectivity index (χ0v) is 14.0. The third kappa shape index (κ3) is 3.69. The van der Waals surface area contributed by atoms with Crippen molar-refractivity contribution in [2.45, 2.75) is 45.6 Å². The lowest BCUT2D eigenvalue weighted by Gasteiger charge is -2.28. The summed E-state index contributed by atoms with van der Waals surface area (Å²) in [6.07, 6.45) is 5.39. The molecule has 0 saturated heterocycles. The van der Waals surface area contributed by atoms with Gasteiger partial charge in [-0.15, -0.1) is 0 Å². The highest BCUT2D eigenvalue weighted by atomic mass is 16.5. The second kappa shape index (κ2) is 7.86. The molecule has 0 fully saturated rings. The van der Waals surface area contributed by atoms with Crippen LogP contribution < -0.4 is 9.64 Å². The largest absolute Gasteiger partial charge is 0.515 e. The van der Waals surface area contributed by atoms with Gasteiger partial charge < -0.3 is 19.8 Å². The number of rotatable bonds is 7. The summed E-state index contributed by atoms with van der Waals surface area (Å²) in [6, 6.07) is 2.95. The maximum Gasteiger partial charge on any atom is 0.214 e. The van der Waals surface area contributed by atoms with Crippen molar-refractivity contribution in [3.8, 4) is 11.5 Å². The quantitative estimate of drug-likeness (QED) is 0.346. The maximum atomic E-state index is 12.3. The van der Waals surface area contributed by atoms with Crippen LogP contribution in [0, 0.1) is 0 Å². The SMILES string of the molecule is CCCCCC(C)Oc1cc(O)c2c(c1)N(C=O)CC(=CO)C2=O. The summed E-state index contributed by atoms with van der Waals surface area (Å²) < 4.78 is 5.81. The molecule has 2 rings (SSSR count). The third-order valence-corrected chi connectivity index (χ3v) is 4.07. The van der Waals surface area contributed by atoms with E-state index in [0.29, 0.717) is 18.4 Å². The van der Waals surface area contributed by atoms with Gasteiger partial charge in [-0.05, 0) is 19.8 Å². The fourth-order valence-electron chi connectivity index (χ4n) is 2.78. The molecule has 0 spiro atoms. The van der Waals surface area contributed by atoms with Crippen molar-refractivity contribution in [2.24, 2.45) is 0 Å². The van der Waals surface area contributed by atoms with E-state index in [0.717, 1.165) is 25.7 Å². The number of aliphatic hydroxyl groups is 1. The first-order chi connectivity index (χ1) is 11.5. The van der Waals surface area contributed by atoms with E-state index in [1.807, 2.05) is 6.92 Å². The number of fused-ring (bicyclic) bond motifs is 1. The van der Waals surface area contributed by atoms with Gasteiger partial charge in [0.15, 0.2) is 5.78 Å². The van der Waals surface area contributed by atoms with Gasteiger partial charge in [-0.2, -0.15) is 0 Å². The number of benzene rings is 1. The van der Waals surface area contributed by atoms with Gasteiger partial charge in [0.2, 0.25) is 6.41 Å². The number of aromatic hydroxyl groups is 1. The molecule has 6 heteroatoms. The monoisotopic (exact) mass is 333 g/mol. The summed E-state index contributed by atoms with van der Waals surface area (Å²) in [5, 5.41) is 19.3. The zero-order valence-electron chi connectivity index (χ0n) is 14.0. The molecule has 0 saturated carbocycles. The normalized spacial score (nSPS) is 16.8. The lowest BCUT2D eigenvalue weighted by Crippen LogP contribution is -2.33. The molecule has 1 heterocycles. The lowest BCUT2D eigenvalue weighted by molar-refractivity contribution is -0.107. The second-order valence-electron chi connectivity index (χ2n) is 5.98. The van der Waals surface area contributed by atoms with Crippen LogP contribution >= 0.6 is 0 Å². The Bertz CT molecular complexity index is 653. The minimum Gasteiger partial charge on any atom is -0.515 e. The topological polar surface area (TPSA) is 87.1 Å². The molecule has 1 atom stereocenters. The van der Waals surface area contributed by atoms with Crippen molar-refractivity contribution in [2.75, 3.05) is 11.4 Å². The van der Waals surface area contributed by atoms with Gasteiger partial charge in [-0.1, -0.05) is 19.8 Å². The highest BCUT2D eigenvalue weighted by molar-refractivity contribution is 6.17. The molecule has 1 amide bonds. The van der Waals surface area contributed by atoms with Crippen molar-refractivity contribution >= 4 is 17.9 Å². The average Bonchev–Trinajstić information content (AvgIpc) is 2.55. The van der Waals surface area contributed by atoms with Crippen LogP contribution in [-0.2, 0) is 4.79 Å². The van der Waals surface area contributed by atoms with Gasteiger partial charge in [0.1, 0.15) is 11.5 Å². The molecule has 1 aromatic carbocycles. The molecule has 1 aromatic rings. The molecule has 2 N–H and O–H groups in total. The van der Waals surface area contributed by atoms with E-state index in [2.05, 4.69) is 6.92 Å². The molecule has 0 aromatic heterocycles. The number of ketones is 1. The van der Waals surface area contributed by atoms with Crippen molar-refractivity contribution in [3.05, 3.63) is 29.5 Å². The summed E-state index contributed by atoms with van der Waals surface area (Å²) in [7, 11) is 0. The zero-order chi connectivity index (χ0) is 17.7. The Hall–Kier alpha value is -2.50. The van der Waals surface area contributed by atoms with E-state index in [4.69, 9.17) is 9.84 Å². The number of unbranched alkanes of at least 4 members (excludes halogenated alkanes) is 2. The smallest absolute Gasteiger partial charge is 0.214 e. The Morgan fingerprint density at radius 3 is 2.75 bits per heavy atom. The summed E-state index contributed by atoms with van der Waals surface area (Å²) in [6.45, 7) is 4.04. The summed E-state index contributed by atoms with van der Waals surface area (Å²) >= 11 is 0. The number of amides is 1. The van der Waals surface area contributed by atoms with E-state index >= 15 is 0 Å². The average molecular weight is 333 g/mol. The van der Waals surface area contributed by atoms with Crippen LogP contribution in [0.3, 0.4) is 0 Å². The number of hydrogen-bond acceptors (Lipinski definition) is 5. The molecule has 24 heavy (non-hydrogen) atoms. The number of Topliss-reactive ketones (excluding diaryl/α,β-unsaturated/α-hetero) is 1. The molecule has 1 aliphatic rings. The Labute approximate surface area is 141 Å².